The molecule has 0 unspecified atom stereocenters. The van der Waals surface area contributed by atoms with Gasteiger partial charge in [0.25, 0.3) is 0 Å². The lowest BCUT2D eigenvalue weighted by Gasteiger charge is -2.26. The Morgan fingerprint density at radius 1 is 1.08 bits per heavy atom. The van der Waals surface area contributed by atoms with Gasteiger partial charge in [0, 0.05) is 41.5 Å². The van der Waals surface area contributed by atoms with Gasteiger partial charge in [0.1, 0.15) is 22.9 Å². The van der Waals surface area contributed by atoms with Gasteiger partial charge < -0.3 is 19.3 Å². The van der Waals surface area contributed by atoms with Crippen LogP contribution in [0, 0.1) is 5.82 Å². The Morgan fingerprint density at radius 2 is 1.87 bits per heavy atom. The largest absolute Gasteiger partial charge is 0.496 e. The predicted molar refractivity (Wildman–Crippen MR) is 140 cm³/mol. The number of pyridine rings is 1. The molecule has 0 atom stereocenters. The molecule has 1 aliphatic heterocycles. The third kappa shape index (κ3) is 4.31. The van der Waals surface area contributed by atoms with E-state index in [-0.39, 0.29) is 23.0 Å². The summed E-state index contributed by atoms with van der Waals surface area (Å²) in [5, 5.41) is 19.2. The van der Waals surface area contributed by atoms with Crippen molar-refractivity contribution in [2.24, 2.45) is 0 Å². The summed E-state index contributed by atoms with van der Waals surface area (Å²) in [5.41, 5.74) is 3.46. The molecule has 0 saturated carbocycles. The quantitative estimate of drug-likeness (QED) is 0.274. The van der Waals surface area contributed by atoms with E-state index in [1.54, 1.807) is 24.4 Å². The van der Waals surface area contributed by atoms with Gasteiger partial charge in [-0.25, -0.2) is 14.2 Å². The molecule has 5 aromatic rings. The summed E-state index contributed by atoms with van der Waals surface area (Å²) >= 11 is 0. The van der Waals surface area contributed by atoms with Crippen LogP contribution in [0.3, 0.4) is 0 Å². The van der Waals surface area contributed by atoms with E-state index in [1.807, 2.05) is 12.1 Å². The van der Waals surface area contributed by atoms with Gasteiger partial charge >= 0.3 is 5.97 Å². The van der Waals surface area contributed by atoms with E-state index in [0.717, 1.165) is 51.3 Å². The second-order valence-corrected chi connectivity index (χ2v) is 9.20. The Kier molecular flexibility index (Phi) is 6.13. The van der Waals surface area contributed by atoms with E-state index in [2.05, 4.69) is 10.2 Å². The number of carbonyl (C=O) groups is 1. The number of benzene rings is 3. The highest BCUT2D eigenvalue weighted by molar-refractivity contribution is 6.06. The fourth-order valence-corrected chi connectivity index (χ4v) is 5.03. The predicted octanol–water partition coefficient (Wildman–Crippen LogP) is 6.31. The third-order valence-electron chi connectivity index (χ3n) is 6.92. The number of aromatic amines is 1. The Bertz CT molecular complexity index is 1660. The van der Waals surface area contributed by atoms with E-state index < -0.39 is 5.97 Å². The first-order chi connectivity index (χ1) is 18.5. The first-order valence-corrected chi connectivity index (χ1v) is 12.3. The fraction of sp³-hybridized carbons (Fsp3) is 0.207. The highest BCUT2D eigenvalue weighted by Gasteiger charge is 2.26. The van der Waals surface area contributed by atoms with Gasteiger partial charge in [-0.05, 0) is 60.2 Å². The van der Waals surface area contributed by atoms with Crippen molar-refractivity contribution < 1.29 is 28.5 Å². The molecule has 1 saturated heterocycles. The summed E-state index contributed by atoms with van der Waals surface area (Å²) in [7, 11) is 1.41. The number of hydrogen-bond acceptors (Lipinski definition) is 6. The maximum Gasteiger partial charge on any atom is 0.339 e. The standard InChI is InChI=1S/C29H24FN3O5/c1-36-25-13-20(6-7-21(25)29(34)35)38-28-23-14-24-18(15-31-33-24)12-22(23)26(16-2-4-19(30)5-3-16)27(32-28)17-8-10-37-11-9-17/h2-7,12-15,17H,8-11H2,1H3,(H,31,33)(H,34,35). The van der Waals surface area contributed by atoms with Crippen molar-refractivity contribution in [3.63, 3.8) is 0 Å². The van der Waals surface area contributed by atoms with Crippen LogP contribution >= 0.6 is 0 Å². The minimum absolute atomic E-state index is 0.0337. The van der Waals surface area contributed by atoms with Crippen LogP contribution in [0.1, 0.15) is 34.8 Å². The third-order valence-corrected chi connectivity index (χ3v) is 6.92. The van der Waals surface area contributed by atoms with Gasteiger partial charge in [0.05, 0.1) is 24.5 Å². The van der Waals surface area contributed by atoms with Crippen molar-refractivity contribution in [2.75, 3.05) is 20.3 Å². The molecule has 0 spiro atoms. The monoisotopic (exact) mass is 513 g/mol. The molecule has 2 N–H and O–H groups in total. The lowest BCUT2D eigenvalue weighted by atomic mass is 9.87. The summed E-state index contributed by atoms with van der Waals surface area (Å²) in [6.45, 7) is 1.25. The van der Waals surface area contributed by atoms with Gasteiger partial charge in [0.2, 0.25) is 5.88 Å². The van der Waals surface area contributed by atoms with Crippen molar-refractivity contribution in [1.82, 2.24) is 15.2 Å². The summed E-state index contributed by atoms with van der Waals surface area (Å²) in [6.07, 6.45) is 3.34. The molecule has 0 amide bonds. The molecule has 1 fully saturated rings. The second-order valence-electron chi connectivity index (χ2n) is 9.20. The van der Waals surface area contributed by atoms with Gasteiger partial charge in [-0.2, -0.15) is 5.10 Å². The molecule has 3 heterocycles. The van der Waals surface area contributed by atoms with Crippen LogP contribution in [0.15, 0.2) is 60.8 Å². The van der Waals surface area contributed by atoms with E-state index in [0.29, 0.717) is 24.8 Å². The molecule has 6 rings (SSSR count). The number of nitrogens with zero attached hydrogens (tertiary/aromatic N) is 2. The van der Waals surface area contributed by atoms with Crippen molar-refractivity contribution in [1.29, 1.82) is 0 Å². The van der Waals surface area contributed by atoms with Crippen LogP contribution < -0.4 is 9.47 Å². The number of carboxylic acid groups (broad SMARTS) is 1. The number of aromatic carboxylic acids is 1. The van der Waals surface area contributed by atoms with Crippen molar-refractivity contribution in [2.45, 2.75) is 18.8 Å². The number of carboxylic acids is 1. The zero-order valence-corrected chi connectivity index (χ0v) is 20.5. The van der Waals surface area contributed by atoms with Gasteiger partial charge in [-0.1, -0.05) is 12.1 Å². The van der Waals surface area contributed by atoms with Crippen molar-refractivity contribution in [3.8, 4) is 28.5 Å². The summed E-state index contributed by atoms with van der Waals surface area (Å²) in [5.74, 6) is -0.354. The average molecular weight is 514 g/mol. The lowest BCUT2D eigenvalue weighted by Crippen LogP contribution is -2.16. The van der Waals surface area contributed by atoms with Crippen LogP contribution in [0.25, 0.3) is 32.8 Å². The number of nitrogens with one attached hydrogen (secondary N) is 1. The Labute approximate surface area is 217 Å². The maximum atomic E-state index is 13.9. The summed E-state index contributed by atoms with van der Waals surface area (Å²) < 4.78 is 31.1. The molecular formula is C29H24FN3O5. The number of ether oxygens (including phenoxy) is 3. The SMILES string of the molecule is COc1cc(Oc2nc(C3CCOCC3)c(-c3ccc(F)cc3)c3cc4cn[nH]c4cc23)ccc1C(=O)O. The summed E-state index contributed by atoms with van der Waals surface area (Å²) in [4.78, 5) is 16.6. The van der Waals surface area contributed by atoms with Crippen molar-refractivity contribution >= 4 is 27.6 Å². The molecule has 9 heteroatoms. The molecule has 1 aliphatic rings. The van der Waals surface area contributed by atoms with Crippen molar-refractivity contribution in [3.05, 3.63) is 77.9 Å². The van der Waals surface area contributed by atoms with Gasteiger partial charge in [-0.15, -0.1) is 0 Å². The average Bonchev–Trinajstić information content (AvgIpc) is 3.40. The Balaban J connectivity index is 1.60. The van der Waals surface area contributed by atoms with Crippen LogP contribution in [-0.2, 0) is 4.74 Å². The maximum absolute atomic E-state index is 13.9. The first-order valence-electron chi connectivity index (χ1n) is 12.3. The van der Waals surface area contributed by atoms with E-state index in [4.69, 9.17) is 19.2 Å². The molecule has 38 heavy (non-hydrogen) atoms. The number of fused-ring (bicyclic) bond motifs is 2. The Morgan fingerprint density at radius 3 is 2.61 bits per heavy atom. The number of methoxy groups -OCH3 is 1. The minimum Gasteiger partial charge on any atom is -0.496 e. The molecule has 0 radical (unpaired) electrons. The number of rotatable bonds is 6. The van der Waals surface area contributed by atoms with E-state index in [9.17, 15) is 14.3 Å². The molecule has 3 aromatic carbocycles. The first kappa shape index (κ1) is 23.9. The lowest BCUT2D eigenvalue weighted by molar-refractivity contribution is 0.0693. The van der Waals surface area contributed by atoms with Gasteiger partial charge in [-0.3, -0.25) is 5.10 Å². The molecule has 192 valence electrons. The number of hydrogen-bond donors (Lipinski definition) is 2. The van der Waals surface area contributed by atoms with Crippen LogP contribution in [-0.4, -0.2) is 46.6 Å². The fourth-order valence-electron chi connectivity index (χ4n) is 5.03. The van der Waals surface area contributed by atoms with E-state index >= 15 is 0 Å². The molecule has 8 nitrogen and oxygen atoms in total. The molecule has 0 bridgehead atoms. The number of halogens is 1. The summed E-state index contributed by atoms with van der Waals surface area (Å²) in [6, 6.07) is 15.0. The van der Waals surface area contributed by atoms with E-state index in [1.165, 1.54) is 31.4 Å². The topological polar surface area (TPSA) is 107 Å². The van der Waals surface area contributed by atoms with Crippen LogP contribution in [0.2, 0.25) is 0 Å². The highest BCUT2D eigenvalue weighted by Crippen LogP contribution is 2.43. The molecular weight excluding hydrogens is 489 g/mol. The van der Waals surface area contributed by atoms with Crippen LogP contribution in [0.5, 0.6) is 17.4 Å². The van der Waals surface area contributed by atoms with Crippen LogP contribution in [0.4, 0.5) is 4.39 Å². The zero-order valence-electron chi connectivity index (χ0n) is 20.5. The normalized spacial score (nSPS) is 14.2. The number of aromatic nitrogens is 3. The van der Waals surface area contributed by atoms with Gasteiger partial charge in [0.15, 0.2) is 0 Å². The Hall–Kier alpha value is -4.50. The highest BCUT2D eigenvalue weighted by atomic mass is 19.1. The molecule has 0 aliphatic carbocycles. The smallest absolute Gasteiger partial charge is 0.339 e. The zero-order chi connectivity index (χ0) is 26.2. The number of H-pyrrole nitrogens is 1. The molecule has 2 aromatic heterocycles. The minimum atomic E-state index is -1.09. The second kappa shape index (κ2) is 9.75.